The number of rotatable bonds is 4. The van der Waals surface area contributed by atoms with Crippen molar-refractivity contribution in [3.8, 4) is 45.6 Å². The fourth-order valence-electron chi connectivity index (χ4n) is 5.23. The van der Waals surface area contributed by atoms with E-state index in [1.165, 1.54) is 0 Å². The van der Waals surface area contributed by atoms with Crippen LogP contribution in [0, 0.1) is 0 Å². The summed E-state index contributed by atoms with van der Waals surface area (Å²) in [5.41, 5.74) is 6.97. The van der Waals surface area contributed by atoms with E-state index in [4.69, 9.17) is 24.9 Å². The van der Waals surface area contributed by atoms with Crippen molar-refractivity contribution in [2.24, 2.45) is 0 Å². The standard InChI is InChI=1S/C36H22N6/c1-2-9-26(10-3-1)34-40-35(42-36(41-34)31-20-17-23-8-4-5-14-29(23)38-31)28-12-6-11-27(22-28)30-19-18-25-16-15-24-13-7-21-37-32(24)33(25)39-30/h1-22H. The number of hydrogen-bond donors (Lipinski definition) is 0. The third-order valence-corrected chi connectivity index (χ3v) is 7.34. The fraction of sp³-hybridized carbons (Fsp3) is 0. The molecule has 0 amide bonds. The van der Waals surface area contributed by atoms with E-state index < -0.39 is 0 Å². The lowest BCUT2D eigenvalue weighted by atomic mass is 10.0. The minimum absolute atomic E-state index is 0.524. The molecule has 4 aromatic carbocycles. The summed E-state index contributed by atoms with van der Waals surface area (Å²) >= 11 is 0. The molecule has 8 aromatic rings. The van der Waals surface area contributed by atoms with Crippen molar-refractivity contribution in [1.29, 1.82) is 0 Å². The quantitative estimate of drug-likeness (QED) is 0.210. The number of nitrogens with zero attached hydrogens (tertiary/aromatic N) is 6. The Bertz CT molecular complexity index is 2260. The van der Waals surface area contributed by atoms with Crippen LogP contribution in [0.1, 0.15) is 0 Å². The van der Waals surface area contributed by atoms with E-state index in [0.717, 1.165) is 55.1 Å². The minimum atomic E-state index is 0.524. The second-order valence-corrected chi connectivity index (χ2v) is 10.1. The molecule has 0 N–H and O–H groups in total. The first-order valence-electron chi connectivity index (χ1n) is 13.7. The lowest BCUT2D eigenvalue weighted by Crippen LogP contribution is -2.01. The van der Waals surface area contributed by atoms with Gasteiger partial charge in [0.2, 0.25) is 0 Å². The molecule has 0 saturated carbocycles. The van der Waals surface area contributed by atoms with Gasteiger partial charge in [0, 0.05) is 39.0 Å². The van der Waals surface area contributed by atoms with Gasteiger partial charge in [0.1, 0.15) is 5.69 Å². The molecule has 4 aromatic heterocycles. The number of benzene rings is 4. The van der Waals surface area contributed by atoms with Gasteiger partial charge in [0.25, 0.3) is 0 Å². The SMILES string of the molecule is c1ccc(-c2nc(-c3cccc(-c4ccc5ccc6cccnc6c5n4)c3)nc(-c3ccc4ccccc4n3)n2)cc1. The monoisotopic (exact) mass is 538 g/mol. The highest BCUT2D eigenvalue weighted by Gasteiger charge is 2.15. The second kappa shape index (κ2) is 9.94. The topological polar surface area (TPSA) is 77.3 Å². The van der Waals surface area contributed by atoms with Crippen LogP contribution < -0.4 is 0 Å². The van der Waals surface area contributed by atoms with E-state index in [0.29, 0.717) is 23.2 Å². The summed E-state index contributed by atoms with van der Waals surface area (Å²) in [5.74, 6) is 1.69. The van der Waals surface area contributed by atoms with Crippen LogP contribution in [0.2, 0.25) is 0 Å². The molecule has 0 saturated heterocycles. The number of para-hydroxylation sites is 1. The van der Waals surface area contributed by atoms with Gasteiger partial charge in [-0.25, -0.2) is 24.9 Å². The summed E-state index contributed by atoms with van der Waals surface area (Å²) in [5, 5.41) is 3.19. The molecule has 0 spiro atoms. The maximum absolute atomic E-state index is 5.04. The molecular formula is C36H22N6. The van der Waals surface area contributed by atoms with Crippen LogP contribution >= 0.6 is 0 Å². The molecule has 196 valence electrons. The van der Waals surface area contributed by atoms with E-state index in [-0.39, 0.29) is 0 Å². The van der Waals surface area contributed by atoms with Crippen molar-refractivity contribution in [3.63, 3.8) is 0 Å². The molecule has 0 aliphatic heterocycles. The van der Waals surface area contributed by atoms with Crippen LogP contribution in [-0.4, -0.2) is 29.9 Å². The van der Waals surface area contributed by atoms with Gasteiger partial charge < -0.3 is 0 Å². The molecule has 0 aliphatic rings. The van der Waals surface area contributed by atoms with Gasteiger partial charge in [0.15, 0.2) is 17.5 Å². The Morgan fingerprint density at radius 2 is 1.00 bits per heavy atom. The maximum Gasteiger partial charge on any atom is 0.182 e. The summed E-state index contributed by atoms with van der Waals surface area (Å²) < 4.78 is 0. The van der Waals surface area contributed by atoms with Gasteiger partial charge in [0.05, 0.1) is 22.2 Å². The van der Waals surface area contributed by atoms with E-state index in [1.54, 1.807) is 0 Å². The van der Waals surface area contributed by atoms with Crippen molar-refractivity contribution in [1.82, 2.24) is 29.9 Å². The van der Waals surface area contributed by atoms with Crippen LogP contribution in [0.15, 0.2) is 134 Å². The zero-order chi connectivity index (χ0) is 27.9. The van der Waals surface area contributed by atoms with Crippen LogP contribution in [0.3, 0.4) is 0 Å². The Kier molecular flexibility index (Phi) is 5.67. The minimum Gasteiger partial charge on any atom is -0.254 e. The first-order valence-corrected chi connectivity index (χ1v) is 13.7. The summed E-state index contributed by atoms with van der Waals surface area (Å²) in [6.45, 7) is 0. The summed E-state index contributed by atoms with van der Waals surface area (Å²) in [6.07, 6.45) is 1.81. The van der Waals surface area contributed by atoms with Crippen LogP contribution in [0.25, 0.3) is 78.3 Å². The molecule has 0 radical (unpaired) electrons. The number of hydrogen-bond acceptors (Lipinski definition) is 6. The van der Waals surface area contributed by atoms with Crippen LogP contribution in [0.4, 0.5) is 0 Å². The largest absolute Gasteiger partial charge is 0.254 e. The fourth-order valence-corrected chi connectivity index (χ4v) is 5.23. The van der Waals surface area contributed by atoms with Gasteiger partial charge in [-0.1, -0.05) is 97.1 Å². The third-order valence-electron chi connectivity index (χ3n) is 7.34. The molecular weight excluding hydrogens is 516 g/mol. The van der Waals surface area contributed by atoms with Gasteiger partial charge >= 0.3 is 0 Å². The molecule has 0 fully saturated rings. The molecule has 0 aliphatic carbocycles. The average Bonchev–Trinajstić information content (AvgIpc) is 3.08. The van der Waals surface area contributed by atoms with Crippen LogP contribution in [-0.2, 0) is 0 Å². The zero-order valence-corrected chi connectivity index (χ0v) is 22.4. The van der Waals surface area contributed by atoms with Gasteiger partial charge in [-0.15, -0.1) is 0 Å². The number of fused-ring (bicyclic) bond motifs is 4. The van der Waals surface area contributed by atoms with Crippen molar-refractivity contribution < 1.29 is 0 Å². The van der Waals surface area contributed by atoms with E-state index in [9.17, 15) is 0 Å². The Morgan fingerprint density at radius 1 is 0.357 bits per heavy atom. The molecule has 6 heteroatoms. The highest BCUT2D eigenvalue weighted by Crippen LogP contribution is 2.30. The first-order chi connectivity index (χ1) is 20.8. The average molecular weight is 539 g/mol. The molecule has 0 unspecified atom stereocenters. The normalized spacial score (nSPS) is 11.3. The number of aromatic nitrogens is 6. The summed E-state index contributed by atoms with van der Waals surface area (Å²) in [6, 6.07) is 42.5. The Hall–Kier alpha value is -5.88. The van der Waals surface area contributed by atoms with Crippen molar-refractivity contribution >= 4 is 32.7 Å². The van der Waals surface area contributed by atoms with E-state index >= 15 is 0 Å². The molecule has 0 atom stereocenters. The van der Waals surface area contributed by atoms with Crippen molar-refractivity contribution in [3.05, 3.63) is 134 Å². The third kappa shape index (κ3) is 4.32. The summed E-state index contributed by atoms with van der Waals surface area (Å²) in [7, 11) is 0. The predicted molar refractivity (Wildman–Crippen MR) is 167 cm³/mol. The Labute approximate surface area is 241 Å². The van der Waals surface area contributed by atoms with Crippen LogP contribution in [0.5, 0.6) is 0 Å². The van der Waals surface area contributed by atoms with Gasteiger partial charge in [-0.2, -0.15) is 0 Å². The van der Waals surface area contributed by atoms with Gasteiger partial charge in [-0.05, 0) is 30.3 Å². The van der Waals surface area contributed by atoms with Gasteiger partial charge in [-0.3, -0.25) is 4.98 Å². The molecule has 8 rings (SSSR count). The molecule has 0 bridgehead atoms. The highest BCUT2D eigenvalue weighted by molar-refractivity contribution is 6.03. The lowest BCUT2D eigenvalue weighted by Gasteiger charge is -2.10. The lowest BCUT2D eigenvalue weighted by molar-refractivity contribution is 1.06. The maximum atomic E-state index is 5.04. The predicted octanol–water partition coefficient (Wildman–Crippen LogP) is 8.18. The molecule has 42 heavy (non-hydrogen) atoms. The Morgan fingerprint density at radius 3 is 1.90 bits per heavy atom. The summed E-state index contributed by atoms with van der Waals surface area (Å²) in [4.78, 5) is 29.2. The highest BCUT2D eigenvalue weighted by atomic mass is 15.0. The zero-order valence-electron chi connectivity index (χ0n) is 22.4. The molecule has 6 nitrogen and oxygen atoms in total. The smallest absolute Gasteiger partial charge is 0.182 e. The number of pyridine rings is 3. The second-order valence-electron chi connectivity index (χ2n) is 10.1. The first kappa shape index (κ1) is 24.0. The van der Waals surface area contributed by atoms with E-state index in [2.05, 4.69) is 41.4 Å². The molecule has 4 heterocycles. The Balaban J connectivity index is 1.27. The van der Waals surface area contributed by atoms with Crippen molar-refractivity contribution in [2.75, 3.05) is 0 Å². The van der Waals surface area contributed by atoms with Crippen molar-refractivity contribution in [2.45, 2.75) is 0 Å². The van der Waals surface area contributed by atoms with E-state index in [1.807, 2.05) is 97.2 Å².